The maximum atomic E-state index is 9.06. The number of fused-ring (bicyclic) bond motifs is 1. The van der Waals surface area contributed by atoms with Gasteiger partial charge >= 0.3 is 0 Å². The Morgan fingerprint density at radius 3 is 3.00 bits per heavy atom. The lowest BCUT2D eigenvalue weighted by molar-refractivity contribution is 0.653. The van der Waals surface area contributed by atoms with Gasteiger partial charge in [0.25, 0.3) is 0 Å². The van der Waals surface area contributed by atoms with Gasteiger partial charge in [-0.25, -0.2) is 4.98 Å². The first-order valence-electron chi connectivity index (χ1n) is 8.56. The maximum absolute atomic E-state index is 9.06. The average molecular weight is 361 g/mol. The van der Waals surface area contributed by atoms with E-state index in [4.69, 9.17) is 16.9 Å². The standard InChI is InChI=1S/C21H17ClN4/c22-18-3-1-2-16(12-18)4-5-19-6-7-20-15-25(10-11-26(19)20)21-13-17(14-23)8-9-24-21/h1-2,6-11,13,16,18H,3,12,15H2. The van der Waals surface area contributed by atoms with Crippen LogP contribution in [0.2, 0.25) is 0 Å². The lowest BCUT2D eigenvalue weighted by atomic mass is 9.96. The fraction of sp³-hybridized carbons (Fsp3) is 0.238. The normalized spacial score (nSPS) is 20.8. The monoisotopic (exact) mass is 360 g/mol. The minimum atomic E-state index is 0.186. The number of nitriles is 1. The van der Waals surface area contributed by atoms with Crippen LogP contribution in [0.5, 0.6) is 0 Å². The highest BCUT2D eigenvalue weighted by molar-refractivity contribution is 6.20. The number of pyridine rings is 1. The van der Waals surface area contributed by atoms with Crippen LogP contribution in [0, 0.1) is 29.1 Å². The predicted octanol–water partition coefficient (Wildman–Crippen LogP) is 4.13. The summed E-state index contributed by atoms with van der Waals surface area (Å²) in [4.78, 5) is 6.38. The number of hydrogen-bond donors (Lipinski definition) is 0. The van der Waals surface area contributed by atoms with Gasteiger partial charge in [-0.15, -0.1) is 11.6 Å². The molecule has 2 aromatic rings. The summed E-state index contributed by atoms with van der Waals surface area (Å²) >= 11 is 6.22. The van der Waals surface area contributed by atoms with Crippen molar-refractivity contribution in [3.8, 4) is 17.9 Å². The summed E-state index contributed by atoms with van der Waals surface area (Å²) in [7, 11) is 0. The molecule has 0 amide bonds. The lowest BCUT2D eigenvalue weighted by Gasteiger charge is -2.24. The molecule has 0 fully saturated rings. The number of halogens is 1. The Kier molecular flexibility index (Phi) is 4.52. The molecule has 2 aliphatic rings. The van der Waals surface area contributed by atoms with Crippen molar-refractivity contribution in [3.63, 3.8) is 0 Å². The summed E-state index contributed by atoms with van der Waals surface area (Å²) in [6, 6.07) is 9.77. The Bertz CT molecular complexity index is 983. The van der Waals surface area contributed by atoms with E-state index in [1.165, 1.54) is 0 Å². The second-order valence-corrected chi connectivity index (χ2v) is 7.01. The number of alkyl halides is 1. The zero-order valence-electron chi connectivity index (χ0n) is 14.1. The van der Waals surface area contributed by atoms with Gasteiger partial charge in [0.1, 0.15) is 5.82 Å². The molecule has 4 rings (SSSR count). The Morgan fingerprint density at radius 1 is 1.23 bits per heavy atom. The number of hydrogen-bond acceptors (Lipinski definition) is 3. The molecule has 0 bridgehead atoms. The van der Waals surface area contributed by atoms with Crippen molar-refractivity contribution in [2.24, 2.45) is 5.92 Å². The zero-order valence-corrected chi connectivity index (χ0v) is 14.9. The molecule has 0 saturated heterocycles. The van der Waals surface area contributed by atoms with Gasteiger partial charge in [-0.05, 0) is 43.0 Å². The fourth-order valence-corrected chi connectivity index (χ4v) is 3.48. The second kappa shape index (κ2) is 7.12. The Hall–Kier alpha value is -2.95. The zero-order chi connectivity index (χ0) is 17.9. The van der Waals surface area contributed by atoms with Gasteiger partial charge in [0, 0.05) is 35.6 Å². The number of rotatable bonds is 1. The van der Waals surface area contributed by atoms with Gasteiger partial charge in [0.15, 0.2) is 0 Å². The summed E-state index contributed by atoms with van der Waals surface area (Å²) in [5, 5.41) is 9.24. The summed E-state index contributed by atoms with van der Waals surface area (Å²) in [6.45, 7) is 0.688. The lowest BCUT2D eigenvalue weighted by Crippen LogP contribution is -2.22. The third-order valence-electron chi connectivity index (χ3n) is 4.55. The van der Waals surface area contributed by atoms with Crippen LogP contribution in [-0.4, -0.2) is 14.9 Å². The van der Waals surface area contributed by atoms with E-state index in [-0.39, 0.29) is 11.3 Å². The predicted molar refractivity (Wildman–Crippen MR) is 103 cm³/mol. The van der Waals surface area contributed by atoms with E-state index in [1.54, 1.807) is 18.3 Å². The molecule has 26 heavy (non-hydrogen) atoms. The van der Waals surface area contributed by atoms with E-state index in [1.807, 2.05) is 23.4 Å². The molecule has 2 unspecified atom stereocenters. The first-order valence-corrected chi connectivity index (χ1v) is 9.00. The molecule has 2 atom stereocenters. The maximum Gasteiger partial charge on any atom is 0.134 e. The molecule has 0 spiro atoms. The van der Waals surface area contributed by atoms with Crippen molar-refractivity contribution >= 4 is 23.6 Å². The van der Waals surface area contributed by atoms with Crippen LogP contribution in [-0.2, 0) is 6.54 Å². The SMILES string of the molecule is N#Cc1ccnc(N2C=Cn3c(C#CC4C=CCC(Cl)C4)ccc3C2)c1. The highest BCUT2D eigenvalue weighted by Gasteiger charge is 2.16. The summed E-state index contributed by atoms with van der Waals surface area (Å²) in [6.07, 6.45) is 11.7. The molecular formula is C21H17ClN4. The summed E-state index contributed by atoms with van der Waals surface area (Å²) < 4.78 is 2.10. The highest BCUT2D eigenvalue weighted by Crippen LogP contribution is 2.24. The van der Waals surface area contributed by atoms with E-state index >= 15 is 0 Å². The van der Waals surface area contributed by atoms with E-state index < -0.39 is 0 Å². The Balaban J connectivity index is 1.54. The van der Waals surface area contributed by atoms with Crippen LogP contribution >= 0.6 is 11.6 Å². The summed E-state index contributed by atoms with van der Waals surface area (Å²) in [5.41, 5.74) is 2.71. The summed E-state index contributed by atoms with van der Waals surface area (Å²) in [5.74, 6) is 7.60. The molecule has 5 heteroatoms. The van der Waals surface area contributed by atoms with Crippen molar-refractivity contribution in [3.05, 3.63) is 65.8 Å². The van der Waals surface area contributed by atoms with Gasteiger partial charge in [0.05, 0.1) is 23.9 Å². The van der Waals surface area contributed by atoms with Gasteiger partial charge in [-0.3, -0.25) is 0 Å². The molecule has 2 aromatic heterocycles. The second-order valence-electron chi connectivity index (χ2n) is 6.39. The molecular weight excluding hydrogens is 344 g/mol. The van der Waals surface area contributed by atoms with Crippen LogP contribution in [0.15, 0.2) is 48.8 Å². The van der Waals surface area contributed by atoms with Gasteiger partial charge < -0.3 is 9.47 Å². The van der Waals surface area contributed by atoms with Crippen molar-refractivity contribution < 1.29 is 0 Å². The van der Waals surface area contributed by atoms with E-state index in [0.29, 0.717) is 12.1 Å². The molecule has 0 radical (unpaired) electrons. The largest absolute Gasteiger partial charge is 0.326 e. The molecule has 4 nitrogen and oxygen atoms in total. The molecule has 128 valence electrons. The Morgan fingerprint density at radius 2 is 2.15 bits per heavy atom. The van der Waals surface area contributed by atoms with Crippen LogP contribution in [0.1, 0.15) is 29.8 Å². The third kappa shape index (κ3) is 3.38. The van der Waals surface area contributed by atoms with Gasteiger partial charge in [0.2, 0.25) is 0 Å². The van der Waals surface area contributed by atoms with Crippen molar-refractivity contribution in [2.45, 2.75) is 24.8 Å². The van der Waals surface area contributed by atoms with E-state index in [2.05, 4.69) is 45.7 Å². The molecule has 3 heterocycles. The van der Waals surface area contributed by atoms with Crippen molar-refractivity contribution in [1.82, 2.24) is 9.55 Å². The number of nitrogens with zero attached hydrogens (tertiary/aromatic N) is 4. The van der Waals surface area contributed by atoms with Crippen LogP contribution in [0.3, 0.4) is 0 Å². The van der Waals surface area contributed by atoms with Crippen molar-refractivity contribution in [2.75, 3.05) is 4.90 Å². The Labute approximate surface area is 158 Å². The van der Waals surface area contributed by atoms with E-state index in [9.17, 15) is 0 Å². The molecule has 1 aliphatic heterocycles. The van der Waals surface area contributed by atoms with Crippen molar-refractivity contribution in [1.29, 1.82) is 5.26 Å². The highest BCUT2D eigenvalue weighted by atomic mass is 35.5. The number of aromatic nitrogens is 2. The van der Waals surface area contributed by atoms with Crippen LogP contribution in [0.4, 0.5) is 5.82 Å². The minimum Gasteiger partial charge on any atom is -0.326 e. The topological polar surface area (TPSA) is 44.9 Å². The minimum absolute atomic E-state index is 0.186. The van der Waals surface area contributed by atoms with Gasteiger partial charge in [-0.2, -0.15) is 5.26 Å². The number of anilines is 1. The molecule has 0 N–H and O–H groups in total. The molecule has 0 aromatic carbocycles. The van der Waals surface area contributed by atoms with Crippen LogP contribution < -0.4 is 4.90 Å². The first kappa shape index (κ1) is 16.5. The average Bonchev–Trinajstić information content (AvgIpc) is 3.09. The quantitative estimate of drug-likeness (QED) is 0.436. The number of allylic oxidation sites excluding steroid dienone is 2. The van der Waals surface area contributed by atoms with Crippen LogP contribution in [0.25, 0.3) is 6.20 Å². The molecule has 0 saturated carbocycles. The third-order valence-corrected chi connectivity index (χ3v) is 4.91. The van der Waals surface area contributed by atoms with Gasteiger partial charge in [-0.1, -0.05) is 18.1 Å². The van der Waals surface area contributed by atoms with E-state index in [0.717, 1.165) is 30.0 Å². The molecule has 1 aliphatic carbocycles. The smallest absolute Gasteiger partial charge is 0.134 e. The fourth-order valence-electron chi connectivity index (χ4n) is 3.19. The first-order chi connectivity index (χ1) is 12.7.